The number of pyridine rings is 1. The SMILES string of the molecule is CCc1ccc(C(F)(F)F)c(-c2cc3cnc(Cl)cc3n2C(=O)OC(C)(C)C)c1. The number of benzene rings is 1. The molecule has 1 aromatic carbocycles. The summed E-state index contributed by atoms with van der Waals surface area (Å²) in [6, 6.07) is 6.85. The normalized spacial score (nSPS) is 12.4. The average Bonchev–Trinajstić information content (AvgIpc) is 2.97. The van der Waals surface area contributed by atoms with Gasteiger partial charge in [0.25, 0.3) is 0 Å². The van der Waals surface area contributed by atoms with Crippen molar-refractivity contribution in [2.24, 2.45) is 0 Å². The third-order valence-electron chi connectivity index (χ3n) is 4.30. The smallest absolute Gasteiger partial charge is 0.419 e. The Labute approximate surface area is 171 Å². The largest absolute Gasteiger partial charge is 0.443 e. The van der Waals surface area contributed by atoms with E-state index in [4.69, 9.17) is 16.3 Å². The van der Waals surface area contributed by atoms with Crippen molar-refractivity contribution >= 4 is 28.6 Å². The number of rotatable bonds is 2. The van der Waals surface area contributed by atoms with Crippen LogP contribution in [0.2, 0.25) is 5.15 Å². The molecule has 0 aliphatic carbocycles. The molecular weight excluding hydrogens is 405 g/mol. The lowest BCUT2D eigenvalue weighted by molar-refractivity contribution is -0.137. The molecule has 0 aliphatic rings. The van der Waals surface area contributed by atoms with E-state index < -0.39 is 23.4 Å². The zero-order chi connectivity index (χ0) is 21.6. The van der Waals surface area contributed by atoms with Gasteiger partial charge >= 0.3 is 12.3 Å². The van der Waals surface area contributed by atoms with Gasteiger partial charge in [0.15, 0.2) is 0 Å². The van der Waals surface area contributed by atoms with Crippen LogP contribution in [0.15, 0.2) is 36.5 Å². The molecule has 0 amide bonds. The summed E-state index contributed by atoms with van der Waals surface area (Å²) < 4.78 is 47.8. The van der Waals surface area contributed by atoms with Gasteiger partial charge in [-0.2, -0.15) is 13.2 Å². The fraction of sp³-hybridized carbons (Fsp3) is 0.333. The van der Waals surface area contributed by atoms with Gasteiger partial charge in [-0.3, -0.25) is 0 Å². The first-order valence-electron chi connectivity index (χ1n) is 9.01. The van der Waals surface area contributed by atoms with Crippen molar-refractivity contribution in [3.8, 4) is 11.3 Å². The van der Waals surface area contributed by atoms with Gasteiger partial charge in [0.1, 0.15) is 10.8 Å². The second kappa shape index (κ2) is 7.37. The molecule has 3 aromatic rings. The molecule has 29 heavy (non-hydrogen) atoms. The Bertz CT molecular complexity index is 1080. The molecule has 2 heterocycles. The Morgan fingerprint density at radius 3 is 2.45 bits per heavy atom. The van der Waals surface area contributed by atoms with Crippen LogP contribution in [0.1, 0.15) is 38.8 Å². The van der Waals surface area contributed by atoms with Gasteiger partial charge in [-0.1, -0.05) is 24.6 Å². The molecule has 8 heteroatoms. The third kappa shape index (κ3) is 4.40. The van der Waals surface area contributed by atoms with E-state index in [9.17, 15) is 18.0 Å². The molecule has 0 fully saturated rings. The van der Waals surface area contributed by atoms with Crippen molar-refractivity contribution in [1.29, 1.82) is 0 Å². The lowest BCUT2D eigenvalue weighted by Crippen LogP contribution is -2.27. The highest BCUT2D eigenvalue weighted by atomic mass is 35.5. The number of carbonyl (C=O) groups excluding carboxylic acids is 1. The molecule has 0 saturated heterocycles. The monoisotopic (exact) mass is 424 g/mol. The summed E-state index contributed by atoms with van der Waals surface area (Å²) in [6.07, 6.45) is -3.42. The molecule has 2 aromatic heterocycles. The van der Waals surface area contributed by atoms with Crippen LogP contribution in [0, 0.1) is 0 Å². The van der Waals surface area contributed by atoms with E-state index >= 15 is 0 Å². The molecule has 0 atom stereocenters. The molecule has 0 bridgehead atoms. The van der Waals surface area contributed by atoms with E-state index in [2.05, 4.69) is 4.98 Å². The summed E-state index contributed by atoms with van der Waals surface area (Å²) in [5.74, 6) is 0. The van der Waals surface area contributed by atoms with Crippen LogP contribution in [0.3, 0.4) is 0 Å². The van der Waals surface area contributed by atoms with Gasteiger partial charge in [0, 0.05) is 23.2 Å². The Hall–Kier alpha value is -2.54. The number of hydrogen-bond donors (Lipinski definition) is 0. The van der Waals surface area contributed by atoms with Crippen LogP contribution in [0.25, 0.3) is 22.2 Å². The van der Waals surface area contributed by atoms with Crippen molar-refractivity contribution < 1.29 is 22.7 Å². The first-order chi connectivity index (χ1) is 13.4. The average molecular weight is 425 g/mol. The van der Waals surface area contributed by atoms with Crippen molar-refractivity contribution in [1.82, 2.24) is 9.55 Å². The summed E-state index contributed by atoms with van der Waals surface area (Å²) in [5.41, 5.74) is -0.660. The Morgan fingerprint density at radius 2 is 1.86 bits per heavy atom. The van der Waals surface area contributed by atoms with Gasteiger partial charge in [0.05, 0.1) is 16.8 Å². The molecule has 3 rings (SSSR count). The number of aromatic nitrogens is 2. The van der Waals surface area contributed by atoms with Crippen LogP contribution < -0.4 is 0 Å². The lowest BCUT2D eigenvalue weighted by Gasteiger charge is -2.22. The minimum Gasteiger partial charge on any atom is -0.443 e. The number of halogens is 4. The predicted octanol–water partition coefficient (Wildman–Crippen LogP) is 6.72. The highest BCUT2D eigenvalue weighted by molar-refractivity contribution is 6.30. The van der Waals surface area contributed by atoms with Gasteiger partial charge in [-0.05, 0) is 51.0 Å². The topological polar surface area (TPSA) is 44.1 Å². The van der Waals surface area contributed by atoms with Gasteiger partial charge < -0.3 is 4.74 Å². The quantitative estimate of drug-likeness (QED) is 0.429. The zero-order valence-electron chi connectivity index (χ0n) is 16.4. The van der Waals surface area contributed by atoms with Gasteiger partial charge in [-0.25, -0.2) is 14.3 Å². The van der Waals surface area contributed by atoms with E-state index in [1.54, 1.807) is 20.8 Å². The van der Waals surface area contributed by atoms with Crippen LogP contribution >= 0.6 is 11.6 Å². The Morgan fingerprint density at radius 1 is 1.17 bits per heavy atom. The molecule has 0 unspecified atom stereocenters. The van der Waals surface area contributed by atoms with Crippen LogP contribution in [-0.2, 0) is 17.3 Å². The Kier molecular flexibility index (Phi) is 5.38. The number of ether oxygens (including phenoxy) is 1. The van der Waals surface area contributed by atoms with Crippen molar-refractivity contribution in [2.45, 2.75) is 45.9 Å². The van der Waals surface area contributed by atoms with Crippen molar-refractivity contribution in [3.05, 3.63) is 52.8 Å². The summed E-state index contributed by atoms with van der Waals surface area (Å²) in [5, 5.41) is 0.593. The third-order valence-corrected chi connectivity index (χ3v) is 4.51. The van der Waals surface area contributed by atoms with E-state index in [1.807, 2.05) is 6.92 Å². The van der Waals surface area contributed by atoms with Crippen LogP contribution in [0.5, 0.6) is 0 Å². The Balaban J connectivity index is 2.36. The van der Waals surface area contributed by atoms with Gasteiger partial charge in [-0.15, -0.1) is 0 Å². The summed E-state index contributed by atoms with van der Waals surface area (Å²) in [6.45, 7) is 6.90. The second-order valence-corrected chi connectivity index (χ2v) is 8.03. The summed E-state index contributed by atoms with van der Waals surface area (Å²) in [7, 11) is 0. The molecule has 154 valence electrons. The van der Waals surface area contributed by atoms with Crippen LogP contribution in [0.4, 0.5) is 18.0 Å². The maximum absolute atomic E-state index is 13.7. The molecule has 0 spiro atoms. The molecule has 4 nitrogen and oxygen atoms in total. The standard InChI is InChI=1S/C21H20ClF3N2O2/c1-5-12-6-7-15(21(23,24)25)14(8-12)17-9-13-11-26-18(22)10-16(13)27(17)19(28)29-20(2,3)4/h6-11H,5H2,1-4H3. The van der Waals surface area contributed by atoms with Crippen LogP contribution in [-0.4, -0.2) is 21.2 Å². The highest BCUT2D eigenvalue weighted by Gasteiger charge is 2.35. The minimum atomic E-state index is -4.59. The number of fused-ring (bicyclic) bond motifs is 1. The molecular formula is C21H20ClF3N2O2. The first-order valence-corrected chi connectivity index (χ1v) is 9.39. The number of alkyl halides is 3. The summed E-state index contributed by atoms with van der Waals surface area (Å²) in [4.78, 5) is 16.9. The first kappa shape index (κ1) is 21.2. The van der Waals surface area contributed by atoms with Crippen molar-refractivity contribution in [3.63, 3.8) is 0 Å². The molecule has 0 aliphatic heterocycles. The summed E-state index contributed by atoms with van der Waals surface area (Å²) >= 11 is 5.98. The number of carbonyl (C=O) groups is 1. The van der Waals surface area contributed by atoms with E-state index in [0.29, 0.717) is 22.9 Å². The second-order valence-electron chi connectivity index (χ2n) is 7.64. The fourth-order valence-corrected chi connectivity index (χ4v) is 3.20. The van der Waals surface area contributed by atoms with E-state index in [1.165, 1.54) is 30.5 Å². The predicted molar refractivity (Wildman–Crippen MR) is 106 cm³/mol. The maximum atomic E-state index is 13.7. The maximum Gasteiger partial charge on any atom is 0.419 e. The number of aryl methyl sites for hydroxylation is 1. The zero-order valence-corrected chi connectivity index (χ0v) is 17.1. The molecule has 0 radical (unpaired) electrons. The van der Waals surface area contributed by atoms with E-state index in [0.717, 1.165) is 10.6 Å². The minimum absolute atomic E-state index is 0.0703. The lowest BCUT2D eigenvalue weighted by atomic mass is 9.99. The van der Waals surface area contributed by atoms with Crippen molar-refractivity contribution in [2.75, 3.05) is 0 Å². The molecule has 0 saturated carbocycles. The molecule has 0 N–H and O–H groups in total. The van der Waals surface area contributed by atoms with E-state index in [-0.39, 0.29) is 16.4 Å². The number of nitrogens with zero attached hydrogens (tertiary/aromatic N) is 2. The number of hydrogen-bond acceptors (Lipinski definition) is 3. The van der Waals surface area contributed by atoms with Gasteiger partial charge in [0.2, 0.25) is 0 Å². The fourth-order valence-electron chi connectivity index (χ4n) is 3.05. The highest BCUT2D eigenvalue weighted by Crippen LogP contribution is 2.40.